The number of nitrogens with one attached hydrogen (secondary N) is 3. The zero-order valence-corrected chi connectivity index (χ0v) is 27.4. The van der Waals surface area contributed by atoms with Gasteiger partial charge in [-0.2, -0.15) is 0 Å². The molecular formula is C38H44N6O4. The molecule has 250 valence electrons. The minimum absolute atomic E-state index is 0.183. The molecule has 3 atom stereocenters. The zero-order chi connectivity index (χ0) is 34.0. The lowest BCUT2D eigenvalue weighted by atomic mass is 10.0. The first-order valence-electron chi connectivity index (χ1n) is 16.7. The Balaban J connectivity index is 1.33. The Hall–Kier alpha value is -5.09. The molecule has 0 aliphatic carbocycles. The number of aromatic nitrogens is 1. The zero-order valence-electron chi connectivity index (χ0n) is 27.4. The number of rotatable bonds is 14. The number of nitrogens with zero attached hydrogens (tertiary/aromatic N) is 2. The van der Waals surface area contributed by atoms with Crippen LogP contribution in [0, 0.1) is 0 Å². The van der Waals surface area contributed by atoms with Crippen molar-refractivity contribution in [1.29, 1.82) is 0 Å². The molecule has 4 amide bonds. The Morgan fingerprint density at radius 1 is 0.979 bits per heavy atom. The van der Waals surface area contributed by atoms with Gasteiger partial charge in [-0.25, -0.2) is 0 Å². The predicted octanol–water partition coefficient (Wildman–Crippen LogP) is 3.81. The maximum Gasteiger partial charge on any atom is 0.253 e. The highest BCUT2D eigenvalue weighted by Gasteiger charge is 2.38. The Morgan fingerprint density at radius 2 is 1.71 bits per heavy atom. The van der Waals surface area contributed by atoms with E-state index in [1.54, 1.807) is 6.08 Å². The molecule has 2 heterocycles. The molecule has 5 rings (SSSR count). The Kier molecular flexibility index (Phi) is 11.5. The van der Waals surface area contributed by atoms with Crippen LogP contribution in [0.5, 0.6) is 0 Å². The van der Waals surface area contributed by atoms with Crippen LogP contribution in [0.1, 0.15) is 54.2 Å². The molecule has 0 saturated carbocycles. The lowest BCUT2D eigenvalue weighted by molar-refractivity contribution is -0.140. The monoisotopic (exact) mass is 648 g/mol. The summed E-state index contributed by atoms with van der Waals surface area (Å²) >= 11 is 0. The van der Waals surface area contributed by atoms with E-state index in [9.17, 15) is 19.2 Å². The van der Waals surface area contributed by atoms with E-state index in [-0.39, 0.29) is 18.2 Å². The maximum absolute atomic E-state index is 14.0. The molecule has 5 N–H and O–H groups in total. The number of likely N-dealkylation sites (tertiary alicyclic amines) is 1. The number of carbonyl (C=O) groups is 4. The van der Waals surface area contributed by atoms with Crippen LogP contribution >= 0.6 is 0 Å². The van der Waals surface area contributed by atoms with Gasteiger partial charge in [0.1, 0.15) is 18.1 Å². The Bertz CT molecular complexity index is 1790. The van der Waals surface area contributed by atoms with Crippen molar-refractivity contribution < 1.29 is 19.2 Å². The van der Waals surface area contributed by atoms with Gasteiger partial charge in [-0.05, 0) is 73.2 Å². The standard InChI is InChI=1S/C38H44N6O4/c1-3-12-31(42-35(45)29-23-28-22-26-15-8-9-16-27(26)24-32(28)41-30(29)4-2)38(48)44-20-10-17-34(44)37(47)43-33(36(46)40-19-11-18-39)21-25-13-6-5-7-14-25/h3,5-9,13-16,22-24,31,33-34H,1,4,10-12,17-21,39H2,2H3,(H,40,46)(H,42,45)(H,43,47)/t31-,33-,34-/m0/s1. The Morgan fingerprint density at radius 3 is 2.42 bits per heavy atom. The van der Waals surface area contributed by atoms with Crippen LogP contribution in [0.15, 0.2) is 85.5 Å². The summed E-state index contributed by atoms with van der Waals surface area (Å²) in [4.78, 5) is 60.9. The van der Waals surface area contributed by atoms with E-state index in [1.165, 1.54) is 4.90 Å². The summed E-state index contributed by atoms with van der Waals surface area (Å²) in [5.74, 6) is -1.49. The third kappa shape index (κ3) is 8.06. The summed E-state index contributed by atoms with van der Waals surface area (Å²) in [5.41, 5.74) is 8.32. The highest BCUT2D eigenvalue weighted by atomic mass is 16.2. The van der Waals surface area contributed by atoms with E-state index in [2.05, 4.69) is 22.5 Å². The maximum atomic E-state index is 14.0. The molecule has 0 radical (unpaired) electrons. The third-order valence-corrected chi connectivity index (χ3v) is 8.78. The highest BCUT2D eigenvalue weighted by Crippen LogP contribution is 2.25. The molecule has 1 saturated heterocycles. The lowest BCUT2D eigenvalue weighted by Crippen LogP contribution is -2.56. The first-order valence-corrected chi connectivity index (χ1v) is 16.7. The van der Waals surface area contributed by atoms with Crippen LogP contribution < -0.4 is 21.7 Å². The molecule has 1 aromatic heterocycles. The van der Waals surface area contributed by atoms with Crippen LogP contribution in [-0.4, -0.2) is 71.3 Å². The molecule has 0 unspecified atom stereocenters. The molecule has 1 aliphatic rings. The molecule has 10 nitrogen and oxygen atoms in total. The fourth-order valence-electron chi connectivity index (χ4n) is 6.26. The van der Waals surface area contributed by atoms with Crippen LogP contribution in [0.25, 0.3) is 21.7 Å². The second kappa shape index (κ2) is 16.1. The van der Waals surface area contributed by atoms with Gasteiger partial charge in [0, 0.05) is 24.9 Å². The van der Waals surface area contributed by atoms with Gasteiger partial charge < -0.3 is 26.6 Å². The number of nitrogens with two attached hydrogens (primary N) is 1. The third-order valence-electron chi connectivity index (χ3n) is 8.78. The van der Waals surface area contributed by atoms with E-state index in [1.807, 2.05) is 79.7 Å². The van der Waals surface area contributed by atoms with Crippen molar-refractivity contribution in [1.82, 2.24) is 25.8 Å². The van der Waals surface area contributed by atoms with Crippen LogP contribution in [0.3, 0.4) is 0 Å². The van der Waals surface area contributed by atoms with Gasteiger partial charge in [0.05, 0.1) is 16.8 Å². The van der Waals surface area contributed by atoms with Crippen molar-refractivity contribution in [2.45, 2.75) is 63.6 Å². The molecular weight excluding hydrogens is 604 g/mol. The van der Waals surface area contributed by atoms with Gasteiger partial charge in [0.2, 0.25) is 17.7 Å². The highest BCUT2D eigenvalue weighted by molar-refractivity contribution is 6.04. The van der Waals surface area contributed by atoms with Gasteiger partial charge in [0.25, 0.3) is 5.91 Å². The van der Waals surface area contributed by atoms with E-state index in [0.717, 1.165) is 27.2 Å². The number of hydrogen-bond donors (Lipinski definition) is 4. The second-order valence-corrected chi connectivity index (χ2v) is 12.2. The van der Waals surface area contributed by atoms with Gasteiger partial charge in [-0.3, -0.25) is 24.2 Å². The average molecular weight is 649 g/mol. The number of carbonyl (C=O) groups excluding carboxylic acids is 4. The van der Waals surface area contributed by atoms with Crippen molar-refractivity contribution in [3.63, 3.8) is 0 Å². The van der Waals surface area contributed by atoms with Crippen LogP contribution in [0.4, 0.5) is 0 Å². The van der Waals surface area contributed by atoms with Crippen molar-refractivity contribution >= 4 is 45.3 Å². The van der Waals surface area contributed by atoms with Crippen molar-refractivity contribution in [2.75, 3.05) is 19.6 Å². The number of fused-ring (bicyclic) bond motifs is 2. The average Bonchev–Trinajstić information content (AvgIpc) is 3.60. The number of hydrogen-bond acceptors (Lipinski definition) is 6. The molecule has 10 heteroatoms. The fraction of sp³-hybridized carbons (Fsp3) is 0.342. The molecule has 3 aromatic carbocycles. The summed E-state index contributed by atoms with van der Waals surface area (Å²) in [6.07, 6.45) is 4.28. The number of pyridine rings is 1. The van der Waals surface area contributed by atoms with E-state index in [4.69, 9.17) is 10.7 Å². The van der Waals surface area contributed by atoms with Crippen molar-refractivity contribution in [3.8, 4) is 0 Å². The summed E-state index contributed by atoms with van der Waals surface area (Å²) < 4.78 is 0. The second-order valence-electron chi connectivity index (χ2n) is 12.2. The number of benzene rings is 3. The molecule has 0 spiro atoms. The van der Waals surface area contributed by atoms with Crippen LogP contribution in [-0.2, 0) is 27.2 Å². The molecule has 1 aliphatic heterocycles. The quantitative estimate of drug-likeness (QED) is 0.0930. The first-order chi connectivity index (χ1) is 23.3. The summed E-state index contributed by atoms with van der Waals surface area (Å²) in [6.45, 7) is 6.94. The van der Waals surface area contributed by atoms with Crippen LogP contribution in [0.2, 0.25) is 0 Å². The first kappa shape index (κ1) is 34.3. The molecule has 0 bridgehead atoms. The minimum Gasteiger partial charge on any atom is -0.354 e. The predicted molar refractivity (Wildman–Crippen MR) is 188 cm³/mol. The van der Waals surface area contributed by atoms with E-state index in [0.29, 0.717) is 63.0 Å². The van der Waals surface area contributed by atoms with Gasteiger partial charge in [-0.1, -0.05) is 67.6 Å². The largest absolute Gasteiger partial charge is 0.354 e. The topological polar surface area (TPSA) is 147 Å². The van der Waals surface area contributed by atoms with E-state index >= 15 is 0 Å². The fourth-order valence-corrected chi connectivity index (χ4v) is 6.26. The number of amides is 4. The summed E-state index contributed by atoms with van der Waals surface area (Å²) in [5, 5.41) is 11.6. The smallest absolute Gasteiger partial charge is 0.253 e. The lowest BCUT2D eigenvalue weighted by Gasteiger charge is -2.29. The summed E-state index contributed by atoms with van der Waals surface area (Å²) in [7, 11) is 0. The van der Waals surface area contributed by atoms with Crippen molar-refractivity contribution in [3.05, 3.63) is 102 Å². The summed E-state index contributed by atoms with van der Waals surface area (Å²) in [6, 6.07) is 20.8. The van der Waals surface area contributed by atoms with Gasteiger partial charge in [0.15, 0.2) is 0 Å². The SMILES string of the molecule is C=CC[C@H](NC(=O)c1cc2cc3ccccc3cc2nc1CC)C(=O)N1CCC[C@H]1C(=O)N[C@@H](Cc1ccccc1)C(=O)NCCCN. The normalized spacial score (nSPS) is 15.5. The molecule has 4 aromatic rings. The minimum atomic E-state index is -0.930. The van der Waals surface area contributed by atoms with Crippen molar-refractivity contribution in [2.24, 2.45) is 5.73 Å². The Labute approximate surface area is 281 Å². The van der Waals surface area contributed by atoms with Gasteiger partial charge >= 0.3 is 0 Å². The van der Waals surface area contributed by atoms with E-state index < -0.39 is 29.9 Å². The molecule has 1 fully saturated rings. The number of aryl methyl sites for hydroxylation is 1. The van der Waals surface area contributed by atoms with Gasteiger partial charge in [-0.15, -0.1) is 6.58 Å². The molecule has 48 heavy (non-hydrogen) atoms.